The van der Waals surface area contributed by atoms with E-state index in [1.54, 1.807) is 6.92 Å². The fourth-order valence-corrected chi connectivity index (χ4v) is 4.18. The second kappa shape index (κ2) is 9.49. The third-order valence-corrected chi connectivity index (χ3v) is 5.90. The highest BCUT2D eigenvalue weighted by Crippen LogP contribution is 2.21. The van der Waals surface area contributed by atoms with Gasteiger partial charge in [-0.05, 0) is 44.0 Å². The molecule has 1 N–H and O–H groups in total. The normalized spacial score (nSPS) is 16.2. The zero-order valence-corrected chi connectivity index (χ0v) is 15.6. The van der Waals surface area contributed by atoms with Crippen LogP contribution in [0, 0.1) is 0 Å². The van der Waals surface area contributed by atoms with Gasteiger partial charge in [0.15, 0.2) is 6.61 Å². The molecule has 26 heavy (non-hydrogen) atoms. The Kier molecular flexibility index (Phi) is 7.35. The van der Waals surface area contributed by atoms with E-state index < -0.39 is 28.5 Å². The summed E-state index contributed by atoms with van der Waals surface area (Å²) in [6.45, 7) is 2.34. The van der Waals surface area contributed by atoms with Crippen molar-refractivity contribution in [3.8, 4) is 0 Å². The number of amides is 1. The van der Waals surface area contributed by atoms with Crippen LogP contribution < -0.4 is 5.32 Å². The number of hydrogen-bond acceptors (Lipinski definition) is 5. The van der Waals surface area contributed by atoms with E-state index >= 15 is 0 Å². The van der Waals surface area contributed by atoms with Gasteiger partial charge in [0.2, 0.25) is 10.0 Å². The molecule has 0 radical (unpaired) electrons. The molecule has 0 aliphatic carbocycles. The van der Waals surface area contributed by atoms with Crippen molar-refractivity contribution in [2.45, 2.75) is 37.5 Å². The van der Waals surface area contributed by atoms with Gasteiger partial charge in [-0.15, -0.1) is 0 Å². The number of esters is 1. The van der Waals surface area contributed by atoms with Gasteiger partial charge in [0.1, 0.15) is 0 Å². The lowest BCUT2D eigenvalue weighted by Gasteiger charge is -2.20. The first kappa shape index (κ1) is 20.1. The van der Waals surface area contributed by atoms with Crippen LogP contribution in [0.15, 0.2) is 41.3 Å². The van der Waals surface area contributed by atoms with E-state index in [2.05, 4.69) is 5.32 Å². The predicted octanol–water partition coefficient (Wildman–Crippen LogP) is 2.31. The van der Waals surface area contributed by atoms with Crippen LogP contribution in [-0.2, 0) is 24.3 Å². The van der Waals surface area contributed by atoms with E-state index in [1.165, 1.54) is 40.7 Å². The largest absolute Gasteiger partial charge is 0.452 e. The number of benzene rings is 1. The van der Waals surface area contributed by atoms with Gasteiger partial charge in [-0.1, -0.05) is 18.9 Å². The van der Waals surface area contributed by atoms with Gasteiger partial charge in [0.25, 0.3) is 5.91 Å². The molecule has 0 unspecified atom stereocenters. The average Bonchev–Trinajstić information content (AvgIpc) is 2.91. The van der Waals surface area contributed by atoms with Crippen LogP contribution in [0.5, 0.6) is 0 Å². The van der Waals surface area contributed by atoms with Crippen LogP contribution in [0.2, 0.25) is 0 Å². The van der Waals surface area contributed by atoms with Gasteiger partial charge in [-0.3, -0.25) is 4.79 Å². The number of allylic oxidation sites excluding steroid dienone is 1. The molecular weight excluding hydrogens is 356 g/mol. The Hall–Kier alpha value is -2.19. The van der Waals surface area contributed by atoms with E-state index in [1.807, 2.05) is 0 Å². The number of sulfonamides is 1. The summed E-state index contributed by atoms with van der Waals surface area (Å²) in [5.41, 5.74) is 0.437. The quantitative estimate of drug-likeness (QED) is 0.604. The number of carbonyl (C=O) groups is 2. The van der Waals surface area contributed by atoms with Crippen molar-refractivity contribution in [3.63, 3.8) is 0 Å². The van der Waals surface area contributed by atoms with Crippen LogP contribution in [-0.4, -0.2) is 44.3 Å². The minimum atomic E-state index is -3.51. The van der Waals surface area contributed by atoms with Crippen molar-refractivity contribution in [1.82, 2.24) is 4.31 Å². The monoisotopic (exact) mass is 380 g/mol. The number of nitrogens with one attached hydrogen (secondary N) is 1. The number of carbonyl (C=O) groups excluding carboxylic acids is 2. The Balaban J connectivity index is 1.96. The Morgan fingerprint density at radius 3 is 2.31 bits per heavy atom. The van der Waals surface area contributed by atoms with Crippen molar-refractivity contribution in [2.24, 2.45) is 0 Å². The standard InChI is InChI=1S/C18H24N2O5S/c1-2-7-18(22)25-14-17(21)19-15-8-10-16(11-9-15)26(23,24)20-12-5-3-4-6-13-20/h2,7-11H,3-6,12-14H2,1H3,(H,19,21)/b7-2+. The molecule has 142 valence electrons. The molecule has 0 aromatic heterocycles. The number of nitrogens with zero attached hydrogens (tertiary/aromatic N) is 1. The Labute approximate surface area is 154 Å². The van der Waals surface area contributed by atoms with Crippen LogP contribution in [0.3, 0.4) is 0 Å². The van der Waals surface area contributed by atoms with Crippen molar-refractivity contribution in [2.75, 3.05) is 25.0 Å². The highest BCUT2D eigenvalue weighted by atomic mass is 32.2. The Morgan fingerprint density at radius 2 is 1.73 bits per heavy atom. The highest BCUT2D eigenvalue weighted by Gasteiger charge is 2.24. The summed E-state index contributed by atoms with van der Waals surface area (Å²) in [6, 6.07) is 6.00. The molecular formula is C18H24N2O5S. The van der Waals surface area contributed by atoms with Crippen LogP contribution >= 0.6 is 0 Å². The minimum Gasteiger partial charge on any atom is -0.452 e. The maximum atomic E-state index is 12.7. The van der Waals surface area contributed by atoms with Gasteiger partial charge >= 0.3 is 5.97 Å². The zero-order valence-electron chi connectivity index (χ0n) is 14.8. The van der Waals surface area contributed by atoms with Gasteiger partial charge < -0.3 is 10.1 Å². The smallest absolute Gasteiger partial charge is 0.330 e. The summed E-state index contributed by atoms with van der Waals surface area (Å²) in [5, 5.41) is 2.56. The van der Waals surface area contributed by atoms with E-state index in [4.69, 9.17) is 4.74 Å². The molecule has 1 fully saturated rings. The molecule has 1 aliphatic rings. The van der Waals surface area contributed by atoms with Crippen LogP contribution in [0.25, 0.3) is 0 Å². The molecule has 8 heteroatoms. The van der Waals surface area contributed by atoms with Gasteiger partial charge in [0, 0.05) is 24.9 Å². The number of anilines is 1. The van der Waals surface area contributed by atoms with E-state index in [-0.39, 0.29) is 4.90 Å². The van der Waals surface area contributed by atoms with Crippen LogP contribution in [0.1, 0.15) is 32.6 Å². The highest BCUT2D eigenvalue weighted by molar-refractivity contribution is 7.89. The molecule has 1 aromatic carbocycles. The third-order valence-electron chi connectivity index (χ3n) is 3.99. The average molecular weight is 380 g/mol. The molecule has 0 bridgehead atoms. The molecule has 2 rings (SSSR count). The molecule has 1 amide bonds. The molecule has 0 saturated carbocycles. The zero-order chi connectivity index (χ0) is 19.0. The SMILES string of the molecule is C/C=C/C(=O)OCC(=O)Nc1ccc(S(=O)(=O)N2CCCCCC2)cc1. The fourth-order valence-electron chi connectivity index (χ4n) is 2.66. The molecule has 0 atom stereocenters. The van der Waals surface area contributed by atoms with Gasteiger partial charge in [-0.25, -0.2) is 13.2 Å². The van der Waals surface area contributed by atoms with Crippen molar-refractivity contribution < 1.29 is 22.7 Å². The van der Waals surface area contributed by atoms with E-state index in [9.17, 15) is 18.0 Å². The fraction of sp³-hybridized carbons (Fsp3) is 0.444. The minimum absolute atomic E-state index is 0.205. The summed E-state index contributed by atoms with van der Waals surface area (Å²) in [6.07, 6.45) is 6.59. The second-order valence-corrected chi connectivity index (χ2v) is 7.94. The lowest BCUT2D eigenvalue weighted by molar-refractivity contribution is -0.142. The molecule has 1 heterocycles. The van der Waals surface area contributed by atoms with Crippen LogP contribution in [0.4, 0.5) is 5.69 Å². The molecule has 0 spiro atoms. The van der Waals surface area contributed by atoms with E-state index in [0.29, 0.717) is 18.8 Å². The predicted molar refractivity (Wildman–Crippen MR) is 98.1 cm³/mol. The Morgan fingerprint density at radius 1 is 1.12 bits per heavy atom. The summed E-state index contributed by atoms with van der Waals surface area (Å²) in [7, 11) is -3.51. The number of hydrogen-bond donors (Lipinski definition) is 1. The molecule has 1 saturated heterocycles. The summed E-state index contributed by atoms with van der Waals surface area (Å²) in [5.74, 6) is -1.09. The second-order valence-electron chi connectivity index (χ2n) is 6.00. The third kappa shape index (κ3) is 5.67. The lowest BCUT2D eigenvalue weighted by Crippen LogP contribution is -2.31. The lowest BCUT2D eigenvalue weighted by atomic mass is 10.2. The first-order valence-electron chi connectivity index (χ1n) is 8.63. The first-order chi connectivity index (χ1) is 12.4. The van der Waals surface area contributed by atoms with Gasteiger partial charge in [-0.2, -0.15) is 4.31 Å². The maximum absolute atomic E-state index is 12.7. The molecule has 7 nitrogen and oxygen atoms in total. The summed E-state index contributed by atoms with van der Waals surface area (Å²) in [4.78, 5) is 23.1. The maximum Gasteiger partial charge on any atom is 0.330 e. The summed E-state index contributed by atoms with van der Waals surface area (Å²) >= 11 is 0. The molecule has 1 aliphatic heterocycles. The first-order valence-corrected chi connectivity index (χ1v) is 10.1. The summed E-state index contributed by atoms with van der Waals surface area (Å²) < 4.78 is 31.6. The van der Waals surface area contributed by atoms with Crippen molar-refractivity contribution in [1.29, 1.82) is 0 Å². The Bertz CT molecular complexity index is 748. The van der Waals surface area contributed by atoms with E-state index in [0.717, 1.165) is 25.7 Å². The topological polar surface area (TPSA) is 92.8 Å². The number of ether oxygens (including phenoxy) is 1. The van der Waals surface area contributed by atoms with Gasteiger partial charge in [0.05, 0.1) is 4.90 Å². The van der Waals surface area contributed by atoms with Crippen molar-refractivity contribution in [3.05, 3.63) is 36.4 Å². The number of rotatable bonds is 6. The molecule has 1 aromatic rings. The van der Waals surface area contributed by atoms with Crippen molar-refractivity contribution >= 4 is 27.6 Å².